The molecule has 2 aromatic heterocycles. The van der Waals surface area contributed by atoms with Crippen LogP contribution in [-0.2, 0) is 0 Å². The number of hydrogen-bond donors (Lipinski definition) is 0. The molecule has 0 saturated heterocycles. The number of para-hydroxylation sites is 3. The van der Waals surface area contributed by atoms with Crippen molar-refractivity contribution in [3.05, 3.63) is 180 Å². The van der Waals surface area contributed by atoms with E-state index in [1.807, 2.05) is 0 Å². The second-order valence-corrected chi connectivity index (χ2v) is 14.8. The van der Waals surface area contributed by atoms with Crippen LogP contribution in [0.1, 0.15) is 34.5 Å². The molecule has 3 nitrogen and oxygen atoms in total. The third-order valence-electron chi connectivity index (χ3n) is 10.9. The Labute approximate surface area is 294 Å². The lowest BCUT2D eigenvalue weighted by atomic mass is 9.80. The molecule has 3 unspecified atom stereocenters. The minimum atomic E-state index is 0.222. The van der Waals surface area contributed by atoms with Crippen LogP contribution in [0.5, 0.6) is 0 Å². The lowest BCUT2D eigenvalue weighted by Crippen LogP contribution is -2.22. The highest BCUT2D eigenvalue weighted by atomic mass is 32.1. The van der Waals surface area contributed by atoms with Gasteiger partial charge in [0.05, 0.1) is 27.3 Å². The number of thiazole rings is 1. The van der Waals surface area contributed by atoms with Gasteiger partial charge in [-0.25, -0.2) is 9.97 Å². The van der Waals surface area contributed by atoms with Gasteiger partial charge in [0.2, 0.25) is 0 Å². The molecule has 0 saturated carbocycles. The fraction of sp³-hybridized carbons (Fsp3) is 0.0870. The van der Waals surface area contributed by atoms with Crippen LogP contribution in [-0.4, -0.2) is 14.5 Å². The molecular formula is C46H31N3S. The molecule has 4 heteroatoms. The van der Waals surface area contributed by atoms with E-state index in [1.54, 1.807) is 11.3 Å². The van der Waals surface area contributed by atoms with Crippen molar-refractivity contribution in [1.82, 2.24) is 14.5 Å². The van der Waals surface area contributed by atoms with Crippen LogP contribution in [0.3, 0.4) is 0 Å². The first-order valence-corrected chi connectivity index (χ1v) is 18.2. The van der Waals surface area contributed by atoms with Gasteiger partial charge in [-0.05, 0) is 98.6 Å². The zero-order chi connectivity index (χ0) is 32.8. The van der Waals surface area contributed by atoms with Gasteiger partial charge in [-0.1, -0.05) is 115 Å². The van der Waals surface area contributed by atoms with Crippen LogP contribution in [0, 0.1) is 5.92 Å². The molecule has 4 aliphatic rings. The minimum absolute atomic E-state index is 0.222. The van der Waals surface area contributed by atoms with Crippen molar-refractivity contribution in [2.45, 2.75) is 18.4 Å². The van der Waals surface area contributed by atoms with Gasteiger partial charge < -0.3 is 4.57 Å². The second-order valence-electron chi connectivity index (χ2n) is 13.8. The standard InChI is InChI=1S/C46H31N3S/c1-4-10-42-37(7-1)39-27-35(21-22-38(39)45-47-40-8-2-5-11-43(40)49(42)45)33-17-15-29-23-28(13-14-31(29)25-33)30-16-18-34-26-36(20-19-32(34)24-30)46-48-41-9-3-6-12-44(41)50-46/h1-25,27,34,37,42H,26H2. The molecule has 0 spiro atoms. The number of aromatic nitrogens is 3. The largest absolute Gasteiger partial charge is 0.316 e. The first-order chi connectivity index (χ1) is 24.7. The lowest BCUT2D eigenvalue weighted by Gasteiger charge is -2.34. The SMILES string of the molecule is C1=CC2c3cc(-c4ccc5cc(C6=CC7=CC=C(c8nc9ccccc9s8)CC7C=C6)ccc5c4)ccc3-c3nc4ccccc4n3C2C=C1. The van der Waals surface area contributed by atoms with E-state index in [1.165, 1.54) is 65.5 Å². The number of allylic oxidation sites excluding steroid dienone is 12. The third kappa shape index (κ3) is 4.35. The van der Waals surface area contributed by atoms with E-state index in [0.717, 1.165) is 28.3 Å². The Bertz CT molecular complexity index is 2730. The van der Waals surface area contributed by atoms with Gasteiger partial charge in [-0.15, -0.1) is 11.3 Å². The molecule has 3 heterocycles. The Balaban J connectivity index is 0.908. The zero-order valence-corrected chi connectivity index (χ0v) is 28.0. The van der Waals surface area contributed by atoms with Crippen LogP contribution < -0.4 is 0 Å². The van der Waals surface area contributed by atoms with Gasteiger partial charge in [-0.3, -0.25) is 0 Å². The minimum Gasteiger partial charge on any atom is -0.316 e. The first-order valence-electron chi connectivity index (χ1n) is 17.4. The van der Waals surface area contributed by atoms with Gasteiger partial charge in [0.1, 0.15) is 10.8 Å². The average Bonchev–Trinajstić information content (AvgIpc) is 3.80. The summed E-state index contributed by atoms with van der Waals surface area (Å²) >= 11 is 1.79. The van der Waals surface area contributed by atoms with Crippen LogP contribution in [0.4, 0.5) is 0 Å². The summed E-state index contributed by atoms with van der Waals surface area (Å²) in [7, 11) is 0. The number of fused-ring (bicyclic) bond motifs is 11. The van der Waals surface area contributed by atoms with Gasteiger partial charge >= 0.3 is 0 Å². The molecule has 5 aromatic carbocycles. The molecule has 0 N–H and O–H groups in total. The smallest absolute Gasteiger partial charge is 0.142 e. The molecule has 236 valence electrons. The Kier molecular flexibility index (Phi) is 6.07. The van der Waals surface area contributed by atoms with E-state index in [4.69, 9.17) is 9.97 Å². The Morgan fingerprint density at radius 3 is 2.38 bits per heavy atom. The molecule has 3 aliphatic carbocycles. The molecule has 1 aliphatic heterocycles. The van der Waals surface area contributed by atoms with E-state index in [9.17, 15) is 0 Å². The molecule has 3 atom stereocenters. The summed E-state index contributed by atoms with van der Waals surface area (Å²) in [5.41, 5.74) is 13.6. The molecule has 0 amide bonds. The van der Waals surface area contributed by atoms with Crippen molar-refractivity contribution in [1.29, 1.82) is 0 Å². The van der Waals surface area contributed by atoms with Gasteiger partial charge in [-0.2, -0.15) is 0 Å². The number of imidazole rings is 1. The molecular weight excluding hydrogens is 627 g/mol. The first kappa shape index (κ1) is 28.0. The van der Waals surface area contributed by atoms with Gasteiger partial charge in [0.15, 0.2) is 0 Å². The predicted molar refractivity (Wildman–Crippen MR) is 209 cm³/mol. The Hall–Kier alpha value is -5.84. The summed E-state index contributed by atoms with van der Waals surface area (Å²) in [6.45, 7) is 0. The fourth-order valence-electron chi connectivity index (χ4n) is 8.37. The molecule has 0 bridgehead atoms. The molecule has 11 rings (SSSR count). The number of nitrogens with zero attached hydrogens (tertiary/aromatic N) is 3. The number of rotatable bonds is 3. The maximum Gasteiger partial charge on any atom is 0.142 e. The maximum atomic E-state index is 5.11. The quantitative estimate of drug-likeness (QED) is 0.189. The highest BCUT2D eigenvalue weighted by Crippen LogP contribution is 2.48. The van der Waals surface area contributed by atoms with Crippen molar-refractivity contribution >= 4 is 54.5 Å². The molecule has 0 radical (unpaired) electrons. The van der Waals surface area contributed by atoms with Gasteiger partial charge in [0.25, 0.3) is 0 Å². The van der Waals surface area contributed by atoms with Crippen molar-refractivity contribution < 1.29 is 0 Å². The molecule has 7 aromatic rings. The Morgan fingerprint density at radius 2 is 1.46 bits per heavy atom. The number of benzene rings is 5. The summed E-state index contributed by atoms with van der Waals surface area (Å²) in [5, 5.41) is 3.65. The van der Waals surface area contributed by atoms with E-state index < -0.39 is 0 Å². The topological polar surface area (TPSA) is 30.7 Å². The van der Waals surface area contributed by atoms with Gasteiger partial charge in [0, 0.05) is 17.4 Å². The van der Waals surface area contributed by atoms with Crippen LogP contribution in [0.2, 0.25) is 0 Å². The monoisotopic (exact) mass is 657 g/mol. The summed E-state index contributed by atoms with van der Waals surface area (Å²) in [6.07, 6.45) is 21.7. The fourth-order valence-corrected chi connectivity index (χ4v) is 9.36. The third-order valence-corrected chi connectivity index (χ3v) is 12.0. The summed E-state index contributed by atoms with van der Waals surface area (Å²) < 4.78 is 3.68. The Morgan fingerprint density at radius 1 is 0.680 bits per heavy atom. The zero-order valence-electron chi connectivity index (χ0n) is 27.2. The summed E-state index contributed by atoms with van der Waals surface area (Å²) in [4.78, 5) is 10.0. The average molecular weight is 658 g/mol. The van der Waals surface area contributed by atoms with Crippen molar-refractivity contribution in [2.75, 3.05) is 0 Å². The van der Waals surface area contributed by atoms with E-state index in [0.29, 0.717) is 5.92 Å². The van der Waals surface area contributed by atoms with Crippen LogP contribution in [0.25, 0.3) is 65.7 Å². The van der Waals surface area contributed by atoms with E-state index in [-0.39, 0.29) is 12.0 Å². The molecule has 0 fully saturated rings. The summed E-state index contributed by atoms with van der Waals surface area (Å²) in [6, 6.07) is 37.9. The highest BCUT2D eigenvalue weighted by molar-refractivity contribution is 7.19. The number of hydrogen-bond acceptors (Lipinski definition) is 3. The molecule has 50 heavy (non-hydrogen) atoms. The van der Waals surface area contributed by atoms with E-state index in [2.05, 4.69) is 162 Å². The van der Waals surface area contributed by atoms with Crippen molar-refractivity contribution in [2.24, 2.45) is 5.92 Å². The highest BCUT2D eigenvalue weighted by Gasteiger charge is 2.34. The maximum absolute atomic E-state index is 5.11. The van der Waals surface area contributed by atoms with E-state index >= 15 is 0 Å². The predicted octanol–water partition coefficient (Wildman–Crippen LogP) is 11.9. The van der Waals surface area contributed by atoms with Crippen LogP contribution >= 0.6 is 11.3 Å². The normalized spacial score (nSPS) is 20.2. The second kappa shape index (κ2) is 10.8. The summed E-state index contributed by atoms with van der Waals surface area (Å²) in [5.74, 6) is 1.72. The lowest BCUT2D eigenvalue weighted by molar-refractivity contribution is 0.548. The van der Waals surface area contributed by atoms with Crippen molar-refractivity contribution in [3.63, 3.8) is 0 Å². The van der Waals surface area contributed by atoms with Crippen molar-refractivity contribution in [3.8, 4) is 22.5 Å². The van der Waals surface area contributed by atoms with Crippen LogP contribution in [0.15, 0.2) is 163 Å².